The lowest BCUT2D eigenvalue weighted by Crippen LogP contribution is -2.69. The van der Waals surface area contributed by atoms with Crippen LogP contribution in [0.15, 0.2) is 12.2 Å². The number of ether oxygens (including phenoxy) is 7. The molecule has 25 heteroatoms. The van der Waals surface area contributed by atoms with E-state index in [-0.39, 0.29) is 19.3 Å². The summed E-state index contributed by atoms with van der Waals surface area (Å²) >= 11 is 0. The Kier molecular flexibility index (Phi) is 49.8. The minimum atomic E-state index is -5.70. The van der Waals surface area contributed by atoms with Gasteiger partial charge >= 0.3 is 25.7 Å². The van der Waals surface area contributed by atoms with E-state index in [0.717, 1.165) is 83.5 Å². The minimum absolute atomic E-state index is 0.0317. The number of unbranched alkanes of at least 4 members (excludes halogenated alkanes) is 36. The molecule has 0 aromatic rings. The highest BCUT2D eigenvalue weighted by Crippen LogP contribution is 2.49. The van der Waals surface area contributed by atoms with Crippen molar-refractivity contribution in [3.63, 3.8) is 0 Å². The number of phosphoric ester groups is 1. The summed E-state index contributed by atoms with van der Waals surface area (Å²) < 4.78 is 65.0. The molecule has 24 nitrogen and oxygen atoms in total. The highest BCUT2D eigenvalue weighted by Gasteiger charge is 2.58. The van der Waals surface area contributed by atoms with Crippen molar-refractivity contribution in [1.29, 1.82) is 0 Å². The second-order valence-corrected chi connectivity index (χ2v) is 28.8. The van der Waals surface area contributed by atoms with Gasteiger partial charge in [-0.25, -0.2) is 4.57 Å². The molecule has 0 bridgehead atoms. The predicted molar refractivity (Wildman–Crippen MR) is 365 cm³/mol. The van der Waals surface area contributed by atoms with E-state index in [1.165, 1.54) is 148 Å². The monoisotopic (exact) mass is 1410 g/mol. The van der Waals surface area contributed by atoms with Gasteiger partial charge in [-0.1, -0.05) is 245 Å². The fraction of sp³-hybridized carbons (Fsp3) is 0.931. The van der Waals surface area contributed by atoms with Crippen molar-refractivity contribution in [3.05, 3.63) is 12.2 Å². The predicted octanol–water partition coefficient (Wildman–Crippen LogP) is 10.4. The number of aliphatic hydroxyl groups is 10. The van der Waals surface area contributed by atoms with Crippen molar-refractivity contribution in [2.75, 3.05) is 26.4 Å². The standard InChI is InChI=1S/C72H133O24P/c1-4-7-10-13-16-19-22-25-26-27-30-32-34-37-40-43-46-56(74)88-50-53(91-58(76)48-45-42-39-36-33-29-24-21-18-15-12-9-6-3)51-90-97(86,87)96-70-68(94-71-66(84)61(79)59(77)54(49-73)92-71)64(82)63(81)65(83)69(70)95-72-67(85)62(80)60(78)55(93-72)52-89-57(75)47-44-41-38-35-31-28-23-20-17-14-11-8-5-2/h29,33,53-55,59-73,77-85H,4-28,30-32,34-52H2,1-3H3,(H,86,87)/b33-29-. The van der Waals surface area contributed by atoms with Crippen molar-refractivity contribution >= 4 is 25.7 Å². The van der Waals surface area contributed by atoms with E-state index in [9.17, 15) is 74.9 Å². The summed E-state index contributed by atoms with van der Waals surface area (Å²) in [4.78, 5) is 51.0. The molecule has 3 aliphatic rings. The number of hydrogen-bond acceptors (Lipinski definition) is 23. The molecule has 11 N–H and O–H groups in total. The molecule has 1 aliphatic carbocycles. The lowest BCUT2D eigenvalue weighted by Gasteiger charge is -2.49. The second kappa shape index (κ2) is 54.4. The quantitative estimate of drug-likeness (QED) is 0.00886. The Morgan fingerprint density at radius 1 is 0.392 bits per heavy atom. The Balaban J connectivity index is 1.73. The summed E-state index contributed by atoms with van der Waals surface area (Å²) in [6, 6.07) is 0. The molecule has 18 atom stereocenters. The average molecular weight is 1410 g/mol. The zero-order valence-electron chi connectivity index (χ0n) is 59.4. The van der Waals surface area contributed by atoms with Crippen molar-refractivity contribution in [2.24, 2.45) is 0 Å². The minimum Gasteiger partial charge on any atom is -0.463 e. The highest BCUT2D eigenvalue weighted by atomic mass is 31.2. The summed E-state index contributed by atoms with van der Waals surface area (Å²) in [5.41, 5.74) is 0. The molecule has 0 radical (unpaired) electrons. The number of carbonyl (C=O) groups is 3. The third-order valence-electron chi connectivity index (χ3n) is 18.8. The zero-order chi connectivity index (χ0) is 71.1. The molecule has 18 unspecified atom stereocenters. The molecule has 0 spiro atoms. The van der Waals surface area contributed by atoms with Crippen LogP contribution in [0.3, 0.4) is 0 Å². The highest BCUT2D eigenvalue weighted by molar-refractivity contribution is 7.47. The number of allylic oxidation sites excluding steroid dienone is 2. The molecule has 0 aromatic carbocycles. The van der Waals surface area contributed by atoms with Crippen LogP contribution in [-0.4, -0.2) is 204 Å². The maximum Gasteiger partial charge on any atom is 0.472 e. The van der Waals surface area contributed by atoms with E-state index in [0.29, 0.717) is 25.7 Å². The van der Waals surface area contributed by atoms with Crippen molar-refractivity contribution < 1.29 is 117 Å². The number of esters is 3. The number of carbonyl (C=O) groups excluding carboxylic acids is 3. The van der Waals surface area contributed by atoms with Gasteiger partial charge in [0.1, 0.15) is 98.7 Å². The zero-order valence-corrected chi connectivity index (χ0v) is 60.3. The Bertz CT molecular complexity index is 2060. The molecule has 3 fully saturated rings. The Hall–Kier alpha value is -2.30. The van der Waals surface area contributed by atoms with Crippen LogP contribution in [0, 0.1) is 0 Å². The van der Waals surface area contributed by atoms with Gasteiger partial charge in [0.15, 0.2) is 18.7 Å². The third kappa shape index (κ3) is 37.6. The summed E-state index contributed by atoms with van der Waals surface area (Å²) in [6.07, 6.45) is 12.8. The SMILES string of the molecule is CCCCCCCC/C=C\CCCCCC(=O)OC(COC(=O)CCCCCCCCCCCCCCCCCC)COP(=O)(O)OC1C(OC2OC(CO)C(O)C(O)C2O)C(O)C(O)C(O)C1OC1OC(COC(=O)CCCCCCCCCCCCCCC)C(O)C(O)C1O. The molecule has 0 aromatic heterocycles. The van der Waals surface area contributed by atoms with Crippen LogP contribution in [0.1, 0.15) is 297 Å². The Labute approximate surface area is 580 Å². The van der Waals surface area contributed by atoms with E-state index < -0.39 is 156 Å². The lowest BCUT2D eigenvalue weighted by atomic mass is 9.84. The van der Waals surface area contributed by atoms with Crippen molar-refractivity contribution in [2.45, 2.75) is 401 Å². The molecule has 2 heterocycles. The molecule has 3 rings (SSSR count). The molecule has 1 saturated carbocycles. The Morgan fingerprint density at radius 2 is 0.722 bits per heavy atom. The first kappa shape index (κ1) is 88.9. The van der Waals surface area contributed by atoms with Crippen molar-refractivity contribution in [1.82, 2.24) is 0 Å². The fourth-order valence-electron chi connectivity index (χ4n) is 12.6. The maximum atomic E-state index is 14.3. The van der Waals surface area contributed by atoms with Crippen LogP contribution in [-0.2, 0) is 61.2 Å². The fourth-order valence-corrected chi connectivity index (χ4v) is 13.5. The topological polar surface area (TPSA) is 374 Å². The largest absolute Gasteiger partial charge is 0.472 e. The lowest BCUT2D eigenvalue weighted by molar-refractivity contribution is -0.360. The molecule has 2 aliphatic heterocycles. The van der Waals surface area contributed by atoms with E-state index in [2.05, 4.69) is 32.9 Å². The summed E-state index contributed by atoms with van der Waals surface area (Å²) in [5, 5.41) is 110. The van der Waals surface area contributed by atoms with Gasteiger partial charge in [-0.3, -0.25) is 23.4 Å². The van der Waals surface area contributed by atoms with Crippen LogP contribution < -0.4 is 0 Å². The first-order chi connectivity index (χ1) is 46.8. The number of rotatable bonds is 59. The summed E-state index contributed by atoms with van der Waals surface area (Å²) in [5.74, 6) is -2.00. The van der Waals surface area contributed by atoms with Crippen LogP contribution in [0.25, 0.3) is 0 Å². The first-order valence-corrected chi connectivity index (χ1v) is 39.5. The first-order valence-electron chi connectivity index (χ1n) is 38.0. The van der Waals surface area contributed by atoms with Crippen LogP contribution in [0.5, 0.6) is 0 Å². The summed E-state index contributed by atoms with van der Waals surface area (Å²) in [6.45, 7) is 3.43. The van der Waals surface area contributed by atoms with E-state index in [4.69, 9.17) is 42.2 Å². The van der Waals surface area contributed by atoms with Crippen molar-refractivity contribution in [3.8, 4) is 0 Å². The van der Waals surface area contributed by atoms with E-state index >= 15 is 0 Å². The Morgan fingerprint density at radius 3 is 1.12 bits per heavy atom. The van der Waals surface area contributed by atoms with Gasteiger partial charge in [0.05, 0.1) is 13.2 Å². The molecule has 97 heavy (non-hydrogen) atoms. The van der Waals surface area contributed by atoms with E-state index in [1.54, 1.807) is 0 Å². The number of phosphoric acid groups is 1. The maximum absolute atomic E-state index is 14.3. The van der Waals surface area contributed by atoms with E-state index in [1.807, 2.05) is 0 Å². The van der Waals surface area contributed by atoms with Gasteiger partial charge < -0.3 is 89.1 Å². The van der Waals surface area contributed by atoms with Crippen LogP contribution in [0.2, 0.25) is 0 Å². The van der Waals surface area contributed by atoms with Gasteiger partial charge in [-0.15, -0.1) is 0 Å². The summed E-state index contributed by atoms with van der Waals surface area (Å²) in [7, 11) is -5.70. The van der Waals surface area contributed by atoms with Crippen LogP contribution >= 0.6 is 7.82 Å². The number of aliphatic hydroxyl groups excluding tert-OH is 10. The van der Waals surface area contributed by atoms with Gasteiger partial charge in [0.25, 0.3) is 0 Å². The van der Waals surface area contributed by atoms with Gasteiger partial charge in [0, 0.05) is 19.3 Å². The number of hydrogen-bond donors (Lipinski definition) is 11. The molecular formula is C72H133O24P. The van der Waals surface area contributed by atoms with Gasteiger partial charge in [-0.05, 0) is 44.9 Å². The average Bonchev–Trinajstić information content (AvgIpc) is 0.764. The second-order valence-electron chi connectivity index (χ2n) is 27.4. The van der Waals surface area contributed by atoms with Crippen LogP contribution in [0.4, 0.5) is 0 Å². The van der Waals surface area contributed by atoms with Gasteiger partial charge in [0.2, 0.25) is 0 Å². The smallest absolute Gasteiger partial charge is 0.463 e. The molecule has 2 saturated heterocycles. The normalized spacial score (nSPS) is 27.8. The molecule has 570 valence electrons. The molecular weight excluding hydrogens is 1280 g/mol. The third-order valence-corrected chi connectivity index (χ3v) is 19.8. The molecule has 0 amide bonds. The van der Waals surface area contributed by atoms with Gasteiger partial charge in [-0.2, -0.15) is 0 Å².